The van der Waals surface area contributed by atoms with Gasteiger partial charge in [0.2, 0.25) is 0 Å². The van der Waals surface area contributed by atoms with E-state index < -0.39 is 0 Å². The van der Waals surface area contributed by atoms with Gasteiger partial charge in [-0.3, -0.25) is 0 Å². The normalized spacial score (nSPS) is 5.60. The van der Waals surface area contributed by atoms with E-state index >= 15 is 0 Å². The predicted molar refractivity (Wildman–Crippen MR) is 28.8 cm³/mol. The van der Waals surface area contributed by atoms with Crippen molar-refractivity contribution in [2.45, 2.75) is 0 Å². The van der Waals surface area contributed by atoms with Crippen LogP contribution in [-0.4, -0.2) is 36.7 Å². The van der Waals surface area contributed by atoms with E-state index in [0.717, 1.165) is 0 Å². The molecule has 0 bridgehead atoms. The van der Waals surface area contributed by atoms with Gasteiger partial charge in [-0.2, -0.15) is 0 Å². The second-order valence-electron chi connectivity index (χ2n) is 0.577. The Labute approximate surface area is 37.6 Å². The summed E-state index contributed by atoms with van der Waals surface area (Å²) in [6, 6.07) is 0. The lowest BCUT2D eigenvalue weighted by Crippen LogP contribution is -2.11. The third kappa shape index (κ3) is 4.32. The summed E-state index contributed by atoms with van der Waals surface area (Å²) < 4.78 is 0. The Morgan fingerprint density at radius 3 is 1.40 bits per heavy atom. The largest absolute Gasteiger partial charge is 0 e. The van der Waals surface area contributed by atoms with Crippen LogP contribution in [0, 0.1) is 0 Å². The molecule has 0 aromatic carbocycles. The minimum absolute atomic E-state index is 1.38. The minimum atomic E-state index is 1.38. The van der Waals surface area contributed by atoms with Crippen molar-refractivity contribution in [1.82, 2.24) is 0 Å². The van der Waals surface area contributed by atoms with Gasteiger partial charge in [0.15, 0.2) is 0 Å². The molecule has 7 radical (unpaired) electrons. The van der Waals surface area contributed by atoms with Gasteiger partial charge in [0.25, 0.3) is 0 Å². The van der Waals surface area contributed by atoms with Crippen molar-refractivity contribution in [3.05, 3.63) is 0 Å². The van der Waals surface area contributed by atoms with E-state index in [1.165, 1.54) is 14.1 Å². The van der Waals surface area contributed by atoms with E-state index in [-0.39, 0.29) is 0 Å². The van der Waals surface area contributed by atoms with Crippen LogP contribution in [-0.2, 0) is 0 Å². The van der Waals surface area contributed by atoms with E-state index in [9.17, 15) is 0 Å². The van der Waals surface area contributed by atoms with Gasteiger partial charge in [-0.05, 0) is 0 Å². The first-order valence-electron chi connectivity index (χ1n) is 1.33. The topological polar surface area (TPSA) is 0 Å². The maximum absolute atomic E-state index is 4.85. The molecule has 0 spiro atoms. The summed E-state index contributed by atoms with van der Waals surface area (Å²) >= 11 is 0. The lowest BCUT2D eigenvalue weighted by molar-refractivity contribution is 4.02. The number of hydrogen-bond donors (Lipinski definition) is 0. The number of rotatable bonds is 2. The average Bonchev–Trinajstić information content (AvgIpc) is 1.41. The summed E-state index contributed by atoms with van der Waals surface area (Å²) in [5, 5.41) is 0. The second kappa shape index (κ2) is 4.32. The Hall–Kier alpha value is 0.325. The molecule has 0 aliphatic carbocycles. The van der Waals surface area contributed by atoms with Crippen molar-refractivity contribution in [2.75, 3.05) is 0 Å². The Morgan fingerprint density at radius 1 is 1.00 bits per heavy atom. The third-order valence-corrected chi connectivity index (χ3v) is 0.222. The first-order valence-corrected chi connectivity index (χ1v) is 1.33. The summed E-state index contributed by atoms with van der Waals surface area (Å²) in [6.07, 6.45) is 0. The molecule has 0 unspecified atom stereocenters. The fourth-order valence-corrected chi connectivity index (χ4v) is 0.0642. The number of hydrogen-bond acceptors (Lipinski definition) is 0. The molecular formula is B5. The Balaban J connectivity index is 2.19. The zero-order chi connectivity index (χ0) is 4.12. The van der Waals surface area contributed by atoms with Crippen LogP contribution in [0.2, 0.25) is 0 Å². The van der Waals surface area contributed by atoms with Crippen LogP contribution < -0.4 is 0 Å². The highest BCUT2D eigenvalue weighted by molar-refractivity contribution is 7.49. The van der Waals surface area contributed by atoms with Crippen molar-refractivity contribution < 1.29 is 0 Å². The van der Waals surface area contributed by atoms with Gasteiger partial charge in [0.05, 0.1) is 0 Å². The molecule has 0 N–H and O–H groups in total. The van der Waals surface area contributed by atoms with Crippen LogP contribution in [0.1, 0.15) is 0 Å². The summed E-state index contributed by atoms with van der Waals surface area (Å²) in [4.78, 5) is 0. The second-order valence-corrected chi connectivity index (χ2v) is 0.577. The monoisotopic (exact) mass is 55.0 g/mol. The quantitative estimate of drug-likeness (QED) is 0.323. The van der Waals surface area contributed by atoms with E-state index in [1.54, 1.807) is 7.06 Å². The van der Waals surface area contributed by atoms with Crippen molar-refractivity contribution in [3.8, 4) is 0 Å². The Kier molecular flexibility index (Phi) is 4.61. The van der Waals surface area contributed by atoms with E-state index in [1.807, 2.05) is 0 Å². The zero-order valence-corrected chi connectivity index (χ0v) is 2.89. The van der Waals surface area contributed by atoms with E-state index in [2.05, 4.69) is 0 Å². The van der Waals surface area contributed by atoms with Crippen LogP contribution in [0.15, 0.2) is 0 Å². The molecule has 0 rings (SSSR count). The summed E-state index contributed by atoms with van der Waals surface area (Å²) in [5.41, 5.74) is 0. The van der Waals surface area contributed by atoms with Gasteiger partial charge in [-0.1, -0.05) is 0 Å². The Bertz CT molecular complexity index is 7.51. The van der Waals surface area contributed by atoms with Crippen LogP contribution in [0.5, 0.6) is 0 Å². The van der Waals surface area contributed by atoms with Gasteiger partial charge in [0.1, 0.15) is 0 Å². The van der Waals surface area contributed by atoms with Crippen LogP contribution in [0.25, 0.3) is 0 Å². The lowest BCUT2D eigenvalue weighted by atomic mass is 9.08. The minimum Gasteiger partial charge on any atom is 0 e. The van der Waals surface area contributed by atoms with Crippen LogP contribution >= 0.6 is 0 Å². The van der Waals surface area contributed by atoms with Crippen LogP contribution in [0.4, 0.5) is 0 Å². The lowest BCUT2D eigenvalue weighted by Gasteiger charge is -1.73. The molecule has 15 valence electrons. The molecular weight excluding hydrogens is 54.1 g/mol. The fraction of sp³-hybridized carbons (Fsp3) is 0. The van der Waals surface area contributed by atoms with Crippen molar-refractivity contribution >= 4 is 36.7 Å². The molecule has 0 nitrogen and oxygen atoms in total. The van der Waals surface area contributed by atoms with E-state index in [4.69, 9.17) is 15.5 Å². The predicted octanol–water partition coefficient (Wildman–Crippen LogP) is -1.90. The smallest absolute Gasteiger partial charge is 0 e. The first-order chi connectivity index (χ1) is 2.41. The maximum Gasteiger partial charge on any atom is 0 e. The summed E-state index contributed by atoms with van der Waals surface area (Å²) in [6.45, 7) is 0. The Morgan fingerprint density at radius 2 is 1.40 bits per heavy atom. The molecule has 0 aliphatic heterocycles. The molecule has 0 heterocycles. The molecule has 0 saturated heterocycles. The van der Waals surface area contributed by atoms with Gasteiger partial charge in [-0.15, -0.1) is 0 Å². The molecule has 0 fully saturated rings. The highest BCUT2D eigenvalue weighted by Gasteiger charge is 1.73. The summed E-state index contributed by atoms with van der Waals surface area (Å²) in [5.74, 6) is 0. The van der Waals surface area contributed by atoms with Gasteiger partial charge in [0, 0.05) is 36.7 Å². The average molecular weight is 54.1 g/mol. The molecule has 0 amide bonds. The summed E-state index contributed by atoms with van der Waals surface area (Å²) in [7, 11) is 14.0. The van der Waals surface area contributed by atoms with Crippen molar-refractivity contribution in [3.63, 3.8) is 0 Å². The van der Waals surface area contributed by atoms with Gasteiger partial charge >= 0.3 is 0 Å². The van der Waals surface area contributed by atoms with Crippen LogP contribution in [0.3, 0.4) is 0 Å². The molecule has 0 aliphatic rings. The SMILES string of the molecule is [B][B][B][B][B]. The van der Waals surface area contributed by atoms with E-state index in [0.29, 0.717) is 0 Å². The molecule has 0 aromatic heterocycles. The van der Waals surface area contributed by atoms with Gasteiger partial charge < -0.3 is 0 Å². The fourth-order valence-electron chi connectivity index (χ4n) is 0.0642. The molecule has 5 heteroatoms. The maximum atomic E-state index is 4.85. The zero-order valence-electron chi connectivity index (χ0n) is 2.89. The molecule has 0 aromatic rings. The first kappa shape index (κ1) is 5.32. The van der Waals surface area contributed by atoms with Crippen molar-refractivity contribution in [2.24, 2.45) is 0 Å². The van der Waals surface area contributed by atoms with Crippen molar-refractivity contribution in [1.29, 1.82) is 0 Å². The molecule has 0 saturated carbocycles. The standard InChI is InChI=1S/B5/c1-3-5-4-2. The van der Waals surface area contributed by atoms with Gasteiger partial charge in [-0.25, -0.2) is 0 Å². The molecule has 5 heavy (non-hydrogen) atoms. The third-order valence-electron chi connectivity index (χ3n) is 0.222. The highest BCUT2D eigenvalue weighted by atomic mass is 12.5. The molecule has 0 atom stereocenters. The highest BCUT2D eigenvalue weighted by Crippen LogP contribution is 1.35.